The van der Waals surface area contributed by atoms with E-state index in [1.165, 1.54) is 31.2 Å². The molecule has 1 saturated heterocycles. The summed E-state index contributed by atoms with van der Waals surface area (Å²) in [5.74, 6) is 2.09. The van der Waals surface area contributed by atoms with Crippen LogP contribution < -0.4 is 4.74 Å². The second-order valence-corrected chi connectivity index (χ2v) is 7.53. The second-order valence-electron chi connectivity index (χ2n) is 7.12. The molecule has 1 saturated carbocycles. The third kappa shape index (κ3) is 3.24. The molecule has 1 aliphatic carbocycles. The first-order chi connectivity index (χ1) is 11.3. The highest BCUT2D eigenvalue weighted by atomic mass is 35.5. The van der Waals surface area contributed by atoms with E-state index in [2.05, 4.69) is 6.07 Å². The van der Waals surface area contributed by atoms with Crippen molar-refractivity contribution in [2.45, 2.75) is 56.7 Å². The van der Waals surface area contributed by atoms with Gasteiger partial charge in [-0.2, -0.15) is 0 Å². The zero-order valence-electron chi connectivity index (χ0n) is 13.6. The summed E-state index contributed by atoms with van der Waals surface area (Å²) in [7, 11) is 0. The quantitative estimate of drug-likeness (QED) is 0.784. The molecule has 126 valence electrons. The van der Waals surface area contributed by atoms with E-state index >= 15 is 0 Å². The van der Waals surface area contributed by atoms with Gasteiger partial charge < -0.3 is 14.2 Å². The molecule has 1 aromatic carbocycles. The Labute approximate surface area is 143 Å². The minimum absolute atomic E-state index is 0.227. The highest BCUT2D eigenvalue weighted by molar-refractivity contribution is 6.32. The van der Waals surface area contributed by atoms with Crippen LogP contribution in [0.25, 0.3) is 0 Å². The lowest BCUT2D eigenvalue weighted by Gasteiger charge is -2.36. The number of rotatable bonds is 3. The predicted octanol–water partition coefficient (Wildman–Crippen LogP) is 4.92. The number of halogens is 1. The maximum atomic E-state index is 6.27. The molecule has 1 unspecified atom stereocenters. The SMILES string of the molecule is Clc1cccc2c1OCCC2CCC1CCC2(CC1)OCCO2. The smallest absolute Gasteiger partial charge is 0.168 e. The molecule has 3 nitrogen and oxygen atoms in total. The summed E-state index contributed by atoms with van der Waals surface area (Å²) in [5, 5.41) is 0.752. The van der Waals surface area contributed by atoms with E-state index in [-0.39, 0.29) is 5.79 Å². The van der Waals surface area contributed by atoms with E-state index in [9.17, 15) is 0 Å². The van der Waals surface area contributed by atoms with Gasteiger partial charge in [-0.15, -0.1) is 0 Å². The Bertz CT molecular complexity index is 544. The Balaban J connectivity index is 1.33. The van der Waals surface area contributed by atoms with Crippen LogP contribution in [0.15, 0.2) is 18.2 Å². The van der Waals surface area contributed by atoms with Gasteiger partial charge in [-0.05, 0) is 55.6 Å². The summed E-state index contributed by atoms with van der Waals surface area (Å²) in [6, 6.07) is 6.15. The maximum Gasteiger partial charge on any atom is 0.168 e. The Kier molecular flexibility index (Phi) is 4.53. The standard InChI is InChI=1S/C19H25ClO3/c20-17-3-1-2-16-15(8-11-21-18(16)17)5-4-14-6-9-19(10-7-14)22-12-13-23-19/h1-3,14-15H,4-13H2. The molecule has 23 heavy (non-hydrogen) atoms. The van der Waals surface area contributed by atoms with Crippen LogP contribution in [0, 0.1) is 5.92 Å². The molecule has 0 aromatic heterocycles. The summed E-state index contributed by atoms with van der Waals surface area (Å²) in [6.07, 6.45) is 8.21. The molecule has 2 fully saturated rings. The van der Waals surface area contributed by atoms with Crippen molar-refractivity contribution in [3.05, 3.63) is 28.8 Å². The lowest BCUT2D eigenvalue weighted by Crippen LogP contribution is -2.35. The highest BCUT2D eigenvalue weighted by Crippen LogP contribution is 2.44. The largest absolute Gasteiger partial charge is 0.492 e. The first-order valence-corrected chi connectivity index (χ1v) is 9.33. The monoisotopic (exact) mass is 336 g/mol. The van der Waals surface area contributed by atoms with Gasteiger partial charge >= 0.3 is 0 Å². The Morgan fingerprint density at radius 2 is 1.78 bits per heavy atom. The topological polar surface area (TPSA) is 27.7 Å². The molecule has 4 heteroatoms. The van der Waals surface area contributed by atoms with Crippen LogP contribution in [0.4, 0.5) is 0 Å². The van der Waals surface area contributed by atoms with E-state index in [0.29, 0.717) is 5.92 Å². The molecule has 2 aliphatic heterocycles. The molecule has 4 rings (SSSR count). The first kappa shape index (κ1) is 15.7. The van der Waals surface area contributed by atoms with Crippen molar-refractivity contribution in [2.24, 2.45) is 5.92 Å². The van der Waals surface area contributed by atoms with Crippen molar-refractivity contribution < 1.29 is 14.2 Å². The molecule has 3 aliphatic rings. The van der Waals surface area contributed by atoms with E-state index in [1.54, 1.807) is 0 Å². The molecule has 0 bridgehead atoms. The fourth-order valence-corrected chi connectivity index (χ4v) is 4.62. The molecular weight excluding hydrogens is 312 g/mol. The average Bonchev–Trinajstić information content (AvgIpc) is 3.03. The molecule has 2 heterocycles. The van der Waals surface area contributed by atoms with E-state index < -0.39 is 0 Å². The summed E-state index contributed by atoms with van der Waals surface area (Å²) in [5.41, 5.74) is 1.30. The van der Waals surface area contributed by atoms with Crippen LogP contribution in [-0.4, -0.2) is 25.6 Å². The lowest BCUT2D eigenvalue weighted by atomic mass is 9.79. The van der Waals surface area contributed by atoms with E-state index in [0.717, 1.165) is 55.8 Å². The second kappa shape index (κ2) is 6.62. The van der Waals surface area contributed by atoms with Crippen LogP contribution in [0.3, 0.4) is 0 Å². The summed E-state index contributed by atoms with van der Waals surface area (Å²) in [6.45, 7) is 2.32. The van der Waals surface area contributed by atoms with Gasteiger partial charge in [0.15, 0.2) is 5.79 Å². The van der Waals surface area contributed by atoms with Crippen molar-refractivity contribution in [2.75, 3.05) is 19.8 Å². The fraction of sp³-hybridized carbons (Fsp3) is 0.684. The molecule has 0 N–H and O–H groups in total. The molecule has 1 atom stereocenters. The third-order valence-corrected chi connectivity index (χ3v) is 6.05. The number of hydrogen-bond donors (Lipinski definition) is 0. The number of ether oxygens (including phenoxy) is 3. The third-order valence-electron chi connectivity index (χ3n) is 5.75. The van der Waals surface area contributed by atoms with Gasteiger partial charge in [-0.1, -0.05) is 23.7 Å². The minimum atomic E-state index is -0.227. The van der Waals surface area contributed by atoms with Gasteiger partial charge in [0.25, 0.3) is 0 Å². The Morgan fingerprint density at radius 3 is 2.57 bits per heavy atom. The number of benzene rings is 1. The fourth-order valence-electron chi connectivity index (χ4n) is 4.39. The van der Waals surface area contributed by atoms with Gasteiger partial charge in [0.2, 0.25) is 0 Å². The number of fused-ring (bicyclic) bond motifs is 1. The van der Waals surface area contributed by atoms with Crippen molar-refractivity contribution in [1.29, 1.82) is 0 Å². The van der Waals surface area contributed by atoms with Crippen molar-refractivity contribution in [1.82, 2.24) is 0 Å². The van der Waals surface area contributed by atoms with Crippen LogP contribution in [0.5, 0.6) is 5.75 Å². The van der Waals surface area contributed by atoms with E-state index in [4.69, 9.17) is 25.8 Å². The van der Waals surface area contributed by atoms with Crippen LogP contribution in [0.1, 0.15) is 56.4 Å². The average molecular weight is 337 g/mol. The van der Waals surface area contributed by atoms with Crippen LogP contribution in [0.2, 0.25) is 5.02 Å². The zero-order valence-corrected chi connectivity index (χ0v) is 14.3. The minimum Gasteiger partial charge on any atom is -0.492 e. The predicted molar refractivity (Wildman–Crippen MR) is 90.1 cm³/mol. The molecule has 0 radical (unpaired) electrons. The van der Waals surface area contributed by atoms with Crippen molar-refractivity contribution in [3.63, 3.8) is 0 Å². The highest BCUT2D eigenvalue weighted by Gasteiger charge is 2.40. The number of hydrogen-bond acceptors (Lipinski definition) is 3. The normalized spacial score (nSPS) is 26.9. The van der Waals surface area contributed by atoms with Crippen LogP contribution >= 0.6 is 11.6 Å². The lowest BCUT2D eigenvalue weighted by molar-refractivity contribution is -0.182. The van der Waals surface area contributed by atoms with E-state index in [1.807, 2.05) is 12.1 Å². The summed E-state index contributed by atoms with van der Waals surface area (Å²) >= 11 is 6.27. The van der Waals surface area contributed by atoms with Gasteiger partial charge in [-0.3, -0.25) is 0 Å². The first-order valence-electron chi connectivity index (χ1n) is 8.95. The molecular formula is C19H25ClO3. The van der Waals surface area contributed by atoms with Gasteiger partial charge in [0.05, 0.1) is 24.8 Å². The van der Waals surface area contributed by atoms with Crippen LogP contribution in [-0.2, 0) is 9.47 Å². The van der Waals surface area contributed by atoms with Crippen molar-refractivity contribution in [3.8, 4) is 5.75 Å². The Hall–Kier alpha value is -0.770. The summed E-state index contributed by atoms with van der Waals surface area (Å²) in [4.78, 5) is 0. The molecule has 0 amide bonds. The van der Waals surface area contributed by atoms with Gasteiger partial charge in [-0.25, -0.2) is 0 Å². The molecule has 1 spiro atoms. The van der Waals surface area contributed by atoms with Gasteiger partial charge in [0.1, 0.15) is 5.75 Å². The Morgan fingerprint density at radius 1 is 1.00 bits per heavy atom. The van der Waals surface area contributed by atoms with Gasteiger partial charge in [0, 0.05) is 12.8 Å². The molecule has 1 aromatic rings. The summed E-state index contributed by atoms with van der Waals surface area (Å²) < 4.78 is 17.4. The number of para-hydroxylation sites is 1. The maximum absolute atomic E-state index is 6.27. The van der Waals surface area contributed by atoms with Crippen molar-refractivity contribution >= 4 is 11.6 Å². The zero-order chi connectivity index (χ0) is 15.7.